The zero-order chi connectivity index (χ0) is 15.3. The lowest BCUT2D eigenvalue weighted by Crippen LogP contribution is -2.49. The first-order chi connectivity index (χ1) is 10.1. The minimum Gasteiger partial charge on any atom is -0.315 e. The number of benzene rings is 1. The van der Waals surface area contributed by atoms with Crippen LogP contribution in [0.15, 0.2) is 24.3 Å². The van der Waals surface area contributed by atoms with E-state index >= 15 is 0 Å². The zero-order valence-electron chi connectivity index (χ0n) is 13.0. The summed E-state index contributed by atoms with van der Waals surface area (Å²) in [5.74, 6) is 0. The van der Waals surface area contributed by atoms with Crippen LogP contribution in [-0.4, -0.2) is 42.5 Å². The van der Waals surface area contributed by atoms with E-state index in [1.807, 2.05) is 12.1 Å². The van der Waals surface area contributed by atoms with Gasteiger partial charge in [0.15, 0.2) is 0 Å². The van der Waals surface area contributed by atoms with Crippen LogP contribution >= 0.6 is 0 Å². The molecule has 0 spiro atoms. The molecule has 0 heterocycles. The van der Waals surface area contributed by atoms with E-state index in [-0.39, 0.29) is 16.1 Å². The third-order valence-electron chi connectivity index (χ3n) is 4.70. The molecule has 1 aliphatic rings. The number of hydrogen-bond acceptors (Lipinski definition) is 4. The fourth-order valence-corrected chi connectivity index (χ4v) is 3.26. The maximum atomic E-state index is 11.0. The first-order valence-electron chi connectivity index (χ1n) is 7.66. The van der Waals surface area contributed by atoms with Crippen LogP contribution in [0, 0.1) is 10.1 Å². The number of nitro groups is 1. The molecule has 0 bridgehead atoms. The Labute approximate surface area is 126 Å². The molecule has 0 atom stereocenters. The predicted octanol–water partition coefficient (Wildman–Crippen LogP) is 2.60. The van der Waals surface area contributed by atoms with Gasteiger partial charge in [0.2, 0.25) is 0 Å². The average molecular weight is 291 g/mol. The van der Waals surface area contributed by atoms with Crippen LogP contribution in [0.25, 0.3) is 0 Å². The maximum absolute atomic E-state index is 11.0. The molecule has 116 valence electrons. The molecule has 0 saturated heterocycles. The quantitative estimate of drug-likeness (QED) is 0.476. The molecule has 5 nitrogen and oxygen atoms in total. The number of nitrogens with one attached hydrogen (secondary N) is 1. The molecule has 1 fully saturated rings. The molecule has 1 aliphatic carbocycles. The number of nitro benzene ring substituents is 1. The zero-order valence-corrected chi connectivity index (χ0v) is 13.0. The van der Waals surface area contributed by atoms with E-state index in [0.717, 1.165) is 18.7 Å². The highest BCUT2D eigenvalue weighted by Gasteiger charge is 2.35. The molecule has 2 rings (SSSR count). The van der Waals surface area contributed by atoms with Crippen LogP contribution < -0.4 is 5.32 Å². The smallest absolute Gasteiger partial charge is 0.272 e. The van der Waals surface area contributed by atoms with E-state index in [2.05, 4.69) is 24.3 Å². The lowest BCUT2D eigenvalue weighted by Gasteiger charge is -2.36. The highest BCUT2D eigenvalue weighted by Crippen LogP contribution is 2.33. The average Bonchev–Trinajstić information content (AvgIpc) is 2.94. The standard InChI is InChI=1S/C16H25N3O2/c1-18(2)16(10-5-6-11-16)13-17-12-9-14-7-3-4-8-15(14)19(20)21/h3-4,7-8,17H,5-6,9-13H2,1-2H3. The van der Waals surface area contributed by atoms with E-state index in [0.29, 0.717) is 6.42 Å². The van der Waals surface area contributed by atoms with Gasteiger partial charge >= 0.3 is 0 Å². The van der Waals surface area contributed by atoms with Crippen molar-refractivity contribution in [1.29, 1.82) is 0 Å². The van der Waals surface area contributed by atoms with Crippen molar-refractivity contribution in [3.05, 3.63) is 39.9 Å². The van der Waals surface area contributed by atoms with Gasteiger partial charge in [0.25, 0.3) is 5.69 Å². The Morgan fingerprint density at radius 3 is 2.57 bits per heavy atom. The van der Waals surface area contributed by atoms with Gasteiger partial charge in [-0.3, -0.25) is 10.1 Å². The highest BCUT2D eigenvalue weighted by molar-refractivity contribution is 5.39. The Hall–Kier alpha value is -1.46. The van der Waals surface area contributed by atoms with Crippen molar-refractivity contribution in [2.45, 2.75) is 37.6 Å². The summed E-state index contributed by atoms with van der Waals surface area (Å²) in [6.45, 7) is 1.74. The van der Waals surface area contributed by atoms with Gasteiger partial charge in [0.05, 0.1) is 4.92 Å². The summed E-state index contributed by atoms with van der Waals surface area (Å²) in [5, 5.41) is 14.5. The molecule has 21 heavy (non-hydrogen) atoms. The molecule has 0 aliphatic heterocycles. The van der Waals surface area contributed by atoms with Gasteiger partial charge in [-0.15, -0.1) is 0 Å². The van der Waals surface area contributed by atoms with Crippen molar-refractivity contribution in [3.8, 4) is 0 Å². The molecule has 1 aromatic carbocycles. The minimum absolute atomic E-state index is 0.225. The van der Waals surface area contributed by atoms with Crippen molar-refractivity contribution >= 4 is 5.69 Å². The van der Waals surface area contributed by atoms with Gasteiger partial charge in [-0.2, -0.15) is 0 Å². The van der Waals surface area contributed by atoms with Gasteiger partial charge in [-0.05, 0) is 39.9 Å². The Morgan fingerprint density at radius 2 is 1.95 bits per heavy atom. The van der Waals surface area contributed by atoms with Crippen LogP contribution in [0.1, 0.15) is 31.2 Å². The summed E-state index contributed by atoms with van der Waals surface area (Å²) < 4.78 is 0. The highest BCUT2D eigenvalue weighted by atomic mass is 16.6. The van der Waals surface area contributed by atoms with Crippen molar-refractivity contribution in [3.63, 3.8) is 0 Å². The van der Waals surface area contributed by atoms with Crippen LogP contribution in [0.2, 0.25) is 0 Å². The molecular formula is C16H25N3O2. The molecule has 0 unspecified atom stereocenters. The van der Waals surface area contributed by atoms with E-state index in [9.17, 15) is 10.1 Å². The summed E-state index contributed by atoms with van der Waals surface area (Å²) in [4.78, 5) is 13.0. The topological polar surface area (TPSA) is 58.4 Å². The molecular weight excluding hydrogens is 266 g/mol. The summed E-state index contributed by atoms with van der Waals surface area (Å²) in [7, 11) is 4.30. The summed E-state index contributed by atoms with van der Waals surface area (Å²) in [6, 6.07) is 7.00. The van der Waals surface area contributed by atoms with Crippen molar-refractivity contribution in [2.24, 2.45) is 0 Å². The van der Waals surface area contributed by atoms with Gasteiger partial charge in [-0.1, -0.05) is 31.0 Å². The molecule has 1 aromatic rings. The van der Waals surface area contributed by atoms with Crippen molar-refractivity contribution in [2.75, 3.05) is 27.2 Å². The first-order valence-corrected chi connectivity index (χ1v) is 7.66. The van der Waals surface area contributed by atoms with Crippen LogP contribution in [-0.2, 0) is 6.42 Å². The maximum Gasteiger partial charge on any atom is 0.272 e. The van der Waals surface area contributed by atoms with Crippen LogP contribution in [0.3, 0.4) is 0 Å². The second kappa shape index (κ2) is 7.00. The lowest BCUT2D eigenvalue weighted by atomic mass is 9.96. The van der Waals surface area contributed by atoms with Gasteiger partial charge in [-0.25, -0.2) is 0 Å². The third kappa shape index (κ3) is 3.80. The monoisotopic (exact) mass is 291 g/mol. The normalized spacial score (nSPS) is 17.3. The van der Waals surface area contributed by atoms with Crippen LogP contribution in [0.5, 0.6) is 0 Å². The fourth-order valence-electron chi connectivity index (χ4n) is 3.26. The van der Waals surface area contributed by atoms with Crippen molar-refractivity contribution in [1.82, 2.24) is 10.2 Å². The largest absolute Gasteiger partial charge is 0.315 e. The molecule has 1 N–H and O–H groups in total. The number of likely N-dealkylation sites (N-methyl/N-ethyl adjacent to an activating group) is 1. The number of hydrogen-bond donors (Lipinski definition) is 1. The van der Waals surface area contributed by atoms with E-state index in [4.69, 9.17) is 0 Å². The second-order valence-electron chi connectivity index (χ2n) is 6.14. The summed E-state index contributed by atoms with van der Waals surface area (Å²) in [6.07, 6.45) is 5.76. The molecule has 1 saturated carbocycles. The Kier molecular flexibility index (Phi) is 5.31. The minimum atomic E-state index is -0.298. The van der Waals surface area contributed by atoms with Crippen LogP contribution in [0.4, 0.5) is 5.69 Å². The summed E-state index contributed by atoms with van der Waals surface area (Å²) >= 11 is 0. The lowest BCUT2D eigenvalue weighted by molar-refractivity contribution is -0.385. The Balaban J connectivity index is 1.86. The summed E-state index contributed by atoms with van der Waals surface area (Å²) in [5.41, 5.74) is 1.30. The van der Waals surface area contributed by atoms with Gasteiger partial charge < -0.3 is 10.2 Å². The Morgan fingerprint density at radius 1 is 1.29 bits per heavy atom. The van der Waals surface area contributed by atoms with E-state index < -0.39 is 0 Å². The van der Waals surface area contributed by atoms with E-state index in [1.165, 1.54) is 25.7 Å². The fraction of sp³-hybridized carbons (Fsp3) is 0.625. The van der Waals surface area contributed by atoms with Gasteiger partial charge in [0, 0.05) is 23.7 Å². The molecule has 0 amide bonds. The molecule has 0 radical (unpaired) electrons. The Bertz CT molecular complexity index is 482. The van der Waals surface area contributed by atoms with Crippen molar-refractivity contribution < 1.29 is 4.92 Å². The molecule has 5 heteroatoms. The SMILES string of the molecule is CN(C)C1(CNCCc2ccccc2[N+](=O)[O-])CCCC1. The number of nitrogens with zero attached hydrogens (tertiary/aromatic N) is 2. The van der Waals surface area contributed by atoms with Gasteiger partial charge in [0.1, 0.15) is 0 Å². The molecule has 0 aromatic heterocycles. The first kappa shape index (κ1) is 15.9. The van der Waals surface area contributed by atoms with E-state index in [1.54, 1.807) is 12.1 Å². The number of para-hydroxylation sites is 1. The third-order valence-corrected chi connectivity index (χ3v) is 4.70. The predicted molar refractivity (Wildman–Crippen MR) is 84.6 cm³/mol. The number of rotatable bonds is 7. The second-order valence-corrected chi connectivity index (χ2v) is 6.14.